The van der Waals surface area contributed by atoms with Crippen molar-refractivity contribution in [3.8, 4) is 11.5 Å². The van der Waals surface area contributed by atoms with E-state index in [1.807, 2.05) is 24.3 Å². The van der Waals surface area contributed by atoms with Crippen LogP contribution in [0.25, 0.3) is 10.1 Å². The summed E-state index contributed by atoms with van der Waals surface area (Å²) in [6, 6.07) is 12.9. The highest BCUT2D eigenvalue weighted by Crippen LogP contribution is 2.37. The number of methoxy groups -OCH3 is 1. The summed E-state index contributed by atoms with van der Waals surface area (Å²) in [6.07, 6.45) is 0. The summed E-state index contributed by atoms with van der Waals surface area (Å²) in [7, 11) is 1.57. The molecule has 0 aliphatic rings. The van der Waals surface area contributed by atoms with Crippen molar-refractivity contribution in [2.75, 3.05) is 13.7 Å². The molecule has 2 amide bonds. The minimum Gasteiger partial charge on any atom is -0.497 e. The van der Waals surface area contributed by atoms with Gasteiger partial charge in [0.25, 0.3) is 11.8 Å². The Hall–Kier alpha value is -2.77. The molecule has 0 radical (unpaired) electrons. The monoisotopic (exact) mass is 432 g/mol. The number of thiophene rings is 1. The van der Waals surface area contributed by atoms with E-state index >= 15 is 0 Å². The summed E-state index contributed by atoms with van der Waals surface area (Å²) in [6.45, 7) is 3.98. The third kappa shape index (κ3) is 4.99. The van der Waals surface area contributed by atoms with Crippen LogP contribution in [0, 0.1) is 0 Å². The lowest BCUT2D eigenvalue weighted by atomic mass is 10.0. The van der Waals surface area contributed by atoms with Gasteiger partial charge in [0.1, 0.15) is 16.4 Å². The fraction of sp³-hybridized carbons (Fsp3) is 0.238. The second-order valence-corrected chi connectivity index (χ2v) is 8.05. The van der Waals surface area contributed by atoms with Gasteiger partial charge in [-0.15, -0.1) is 11.3 Å². The van der Waals surface area contributed by atoms with Gasteiger partial charge in [0, 0.05) is 10.1 Å². The van der Waals surface area contributed by atoms with Crippen LogP contribution in [-0.4, -0.2) is 25.5 Å². The van der Waals surface area contributed by atoms with Gasteiger partial charge in [-0.1, -0.05) is 37.6 Å². The number of nitrogens with one attached hydrogen (secondary N) is 2. The average Bonchev–Trinajstić information content (AvgIpc) is 3.06. The van der Waals surface area contributed by atoms with Crippen molar-refractivity contribution in [3.05, 3.63) is 57.9 Å². The lowest BCUT2D eigenvalue weighted by Gasteiger charge is -2.10. The molecule has 6 nitrogen and oxygen atoms in total. The van der Waals surface area contributed by atoms with E-state index in [0.717, 1.165) is 10.1 Å². The number of hydrogen-bond donors (Lipinski definition) is 2. The van der Waals surface area contributed by atoms with E-state index < -0.39 is 11.8 Å². The van der Waals surface area contributed by atoms with Gasteiger partial charge < -0.3 is 9.47 Å². The van der Waals surface area contributed by atoms with Gasteiger partial charge in [0.2, 0.25) is 0 Å². The first-order valence-electron chi connectivity index (χ1n) is 8.97. The number of ether oxygens (including phenoxy) is 2. The normalized spacial score (nSPS) is 10.8. The summed E-state index contributed by atoms with van der Waals surface area (Å²) in [5, 5.41) is 1.09. The molecule has 29 heavy (non-hydrogen) atoms. The number of benzene rings is 2. The zero-order valence-electron chi connectivity index (χ0n) is 16.2. The number of amides is 2. The quantitative estimate of drug-likeness (QED) is 0.561. The highest BCUT2D eigenvalue weighted by molar-refractivity contribution is 7.21. The molecule has 3 aromatic rings. The maximum absolute atomic E-state index is 12.4. The van der Waals surface area contributed by atoms with Crippen LogP contribution in [0.3, 0.4) is 0 Å². The Labute approximate surface area is 177 Å². The van der Waals surface area contributed by atoms with Crippen LogP contribution in [0.15, 0.2) is 42.5 Å². The Bertz CT molecular complexity index is 1030. The van der Waals surface area contributed by atoms with Gasteiger partial charge in [-0.05, 0) is 41.8 Å². The molecule has 0 spiro atoms. The van der Waals surface area contributed by atoms with E-state index in [-0.39, 0.29) is 6.61 Å². The van der Waals surface area contributed by atoms with E-state index in [1.54, 1.807) is 25.3 Å². The number of hydrazine groups is 1. The fourth-order valence-electron chi connectivity index (χ4n) is 2.64. The summed E-state index contributed by atoms with van der Waals surface area (Å²) in [4.78, 5) is 24.7. The zero-order valence-corrected chi connectivity index (χ0v) is 17.8. The van der Waals surface area contributed by atoms with E-state index in [0.29, 0.717) is 27.3 Å². The molecule has 2 aromatic carbocycles. The van der Waals surface area contributed by atoms with Crippen LogP contribution >= 0.6 is 22.9 Å². The summed E-state index contributed by atoms with van der Waals surface area (Å²) in [5.74, 6) is 0.700. The summed E-state index contributed by atoms with van der Waals surface area (Å²) in [5.41, 5.74) is 5.89. The number of fused-ring (bicyclic) bond motifs is 1. The molecular formula is C21H21ClN2O4S. The van der Waals surface area contributed by atoms with Crippen molar-refractivity contribution in [1.29, 1.82) is 0 Å². The van der Waals surface area contributed by atoms with Crippen LogP contribution in [0.5, 0.6) is 11.5 Å². The Kier molecular flexibility index (Phi) is 6.61. The largest absolute Gasteiger partial charge is 0.497 e. The van der Waals surface area contributed by atoms with E-state index in [1.165, 1.54) is 16.9 Å². The van der Waals surface area contributed by atoms with Gasteiger partial charge in [0.05, 0.1) is 12.1 Å². The van der Waals surface area contributed by atoms with Crippen molar-refractivity contribution in [3.63, 3.8) is 0 Å². The van der Waals surface area contributed by atoms with Gasteiger partial charge in [-0.25, -0.2) is 0 Å². The lowest BCUT2D eigenvalue weighted by Crippen LogP contribution is -2.43. The Balaban J connectivity index is 1.55. The highest BCUT2D eigenvalue weighted by Gasteiger charge is 2.18. The Morgan fingerprint density at radius 2 is 1.76 bits per heavy atom. The third-order valence-corrected chi connectivity index (χ3v) is 5.93. The molecule has 0 atom stereocenters. The first kappa shape index (κ1) is 21.0. The molecule has 0 aliphatic heterocycles. The standard InChI is InChI=1S/C21H21ClN2O4S/c1-12(2)13-4-6-14(7-5-13)28-11-18(25)23-24-21(26)20-19(22)16-9-8-15(27-3)10-17(16)29-20/h4-10,12H,11H2,1-3H3,(H,23,25)(H,24,26). The van der Waals surface area contributed by atoms with Crippen molar-refractivity contribution in [2.45, 2.75) is 19.8 Å². The van der Waals surface area contributed by atoms with E-state index in [4.69, 9.17) is 21.1 Å². The van der Waals surface area contributed by atoms with Crippen molar-refractivity contribution in [2.24, 2.45) is 0 Å². The fourth-order valence-corrected chi connectivity index (χ4v) is 4.08. The molecule has 2 N–H and O–H groups in total. The lowest BCUT2D eigenvalue weighted by molar-refractivity contribution is -0.123. The minimum absolute atomic E-state index is 0.224. The molecule has 0 fully saturated rings. The van der Waals surface area contributed by atoms with Crippen molar-refractivity contribution >= 4 is 44.8 Å². The van der Waals surface area contributed by atoms with E-state index in [9.17, 15) is 9.59 Å². The van der Waals surface area contributed by atoms with Gasteiger partial charge >= 0.3 is 0 Å². The molecule has 0 saturated carbocycles. The highest BCUT2D eigenvalue weighted by atomic mass is 35.5. The van der Waals surface area contributed by atoms with Crippen LogP contribution in [-0.2, 0) is 4.79 Å². The van der Waals surface area contributed by atoms with Gasteiger partial charge in [-0.2, -0.15) is 0 Å². The minimum atomic E-state index is -0.496. The van der Waals surface area contributed by atoms with Crippen LogP contribution in [0.1, 0.15) is 35.0 Å². The topological polar surface area (TPSA) is 76.7 Å². The van der Waals surface area contributed by atoms with Crippen LogP contribution in [0.4, 0.5) is 0 Å². The molecule has 8 heteroatoms. The molecule has 0 saturated heterocycles. The zero-order chi connectivity index (χ0) is 21.0. The van der Waals surface area contributed by atoms with E-state index in [2.05, 4.69) is 24.7 Å². The second-order valence-electron chi connectivity index (χ2n) is 6.62. The number of halogens is 1. The maximum Gasteiger partial charge on any atom is 0.281 e. The molecule has 0 unspecified atom stereocenters. The number of carbonyl (C=O) groups is 2. The van der Waals surface area contributed by atoms with Crippen molar-refractivity contribution in [1.82, 2.24) is 10.9 Å². The molecular weight excluding hydrogens is 412 g/mol. The van der Waals surface area contributed by atoms with Gasteiger partial charge in [0.15, 0.2) is 6.61 Å². The molecule has 3 rings (SSSR count). The first-order chi connectivity index (χ1) is 13.9. The summed E-state index contributed by atoms with van der Waals surface area (Å²) < 4.78 is 11.4. The second kappa shape index (κ2) is 9.15. The predicted octanol–water partition coefficient (Wildman–Crippen LogP) is 4.53. The first-order valence-corrected chi connectivity index (χ1v) is 10.2. The SMILES string of the molecule is COc1ccc2c(Cl)c(C(=O)NNC(=O)COc3ccc(C(C)C)cc3)sc2c1. The molecule has 1 aromatic heterocycles. The van der Waals surface area contributed by atoms with Crippen LogP contribution in [0.2, 0.25) is 5.02 Å². The number of rotatable bonds is 6. The Morgan fingerprint density at radius 3 is 2.41 bits per heavy atom. The Morgan fingerprint density at radius 1 is 1.07 bits per heavy atom. The predicted molar refractivity (Wildman–Crippen MR) is 115 cm³/mol. The molecule has 152 valence electrons. The van der Waals surface area contributed by atoms with Crippen molar-refractivity contribution < 1.29 is 19.1 Å². The number of hydrogen-bond acceptors (Lipinski definition) is 5. The van der Waals surface area contributed by atoms with Gasteiger partial charge in [-0.3, -0.25) is 20.4 Å². The summed E-state index contributed by atoms with van der Waals surface area (Å²) >= 11 is 7.53. The third-order valence-electron chi connectivity index (χ3n) is 4.27. The number of carbonyl (C=O) groups excluding carboxylic acids is 2. The molecule has 0 aliphatic carbocycles. The molecule has 0 bridgehead atoms. The van der Waals surface area contributed by atoms with Crippen LogP contribution < -0.4 is 20.3 Å². The smallest absolute Gasteiger partial charge is 0.281 e. The maximum atomic E-state index is 12.4. The molecule has 1 heterocycles. The average molecular weight is 433 g/mol.